The van der Waals surface area contributed by atoms with Gasteiger partial charge in [0.15, 0.2) is 0 Å². The zero-order valence-electron chi connectivity index (χ0n) is 6.43. The van der Waals surface area contributed by atoms with Gasteiger partial charge in [0.1, 0.15) is 5.75 Å². The Labute approximate surface area is 77.4 Å². The van der Waals surface area contributed by atoms with Crippen molar-refractivity contribution in [2.24, 2.45) is 0 Å². The minimum atomic E-state index is -1.30. The number of carbonyl (C=O) groups is 1. The Balaban J connectivity index is 2.42. The van der Waals surface area contributed by atoms with Crippen LogP contribution in [0.4, 0.5) is 4.79 Å². The van der Waals surface area contributed by atoms with Crippen molar-refractivity contribution in [3.63, 3.8) is 0 Å². The molecule has 0 spiro atoms. The van der Waals surface area contributed by atoms with Gasteiger partial charge >= 0.3 is 6.16 Å². The Bertz CT molecular complexity index is 451. The number of benzene rings is 1. The van der Waals surface area contributed by atoms with E-state index in [9.17, 15) is 4.79 Å². The van der Waals surface area contributed by atoms with Crippen molar-refractivity contribution < 1.29 is 14.6 Å². The van der Waals surface area contributed by atoms with Crippen molar-refractivity contribution in [2.75, 3.05) is 0 Å². The van der Waals surface area contributed by atoms with Crippen LogP contribution in [0, 0.1) is 0 Å². The lowest BCUT2D eigenvalue weighted by molar-refractivity contribution is 0.144. The first kappa shape index (κ1) is 8.00. The van der Waals surface area contributed by atoms with E-state index in [0.29, 0.717) is 5.75 Å². The van der Waals surface area contributed by atoms with Crippen molar-refractivity contribution in [1.29, 1.82) is 0 Å². The molecule has 1 aromatic heterocycles. The van der Waals surface area contributed by atoms with Crippen LogP contribution in [-0.4, -0.2) is 16.2 Å². The molecular weight excluding hydrogens is 190 g/mol. The fourth-order valence-electron chi connectivity index (χ4n) is 1.000. The second kappa shape index (κ2) is 3.02. The molecule has 13 heavy (non-hydrogen) atoms. The highest BCUT2D eigenvalue weighted by Gasteiger charge is 2.02. The van der Waals surface area contributed by atoms with E-state index in [-0.39, 0.29) is 0 Å². The monoisotopic (exact) mass is 195 g/mol. The Morgan fingerprint density at radius 3 is 3.15 bits per heavy atom. The summed E-state index contributed by atoms with van der Waals surface area (Å²) in [5, 5.41) is 8.36. The van der Waals surface area contributed by atoms with Crippen molar-refractivity contribution in [3.8, 4) is 5.75 Å². The number of thiazole rings is 1. The molecule has 1 aromatic carbocycles. The summed E-state index contributed by atoms with van der Waals surface area (Å²) < 4.78 is 5.40. The quantitative estimate of drug-likeness (QED) is 0.560. The summed E-state index contributed by atoms with van der Waals surface area (Å²) in [7, 11) is 0. The molecule has 0 aliphatic carbocycles. The highest BCUT2D eigenvalue weighted by molar-refractivity contribution is 7.16. The van der Waals surface area contributed by atoms with Crippen LogP contribution in [0.3, 0.4) is 0 Å². The number of hydrogen-bond acceptors (Lipinski definition) is 4. The van der Waals surface area contributed by atoms with Crippen LogP contribution >= 0.6 is 11.3 Å². The first-order valence-corrected chi connectivity index (χ1v) is 4.38. The van der Waals surface area contributed by atoms with Gasteiger partial charge < -0.3 is 9.84 Å². The zero-order chi connectivity index (χ0) is 9.26. The molecule has 0 atom stereocenters. The topological polar surface area (TPSA) is 59.4 Å². The standard InChI is InChI=1S/C8H5NO3S/c10-8(11)12-5-1-2-6-7(3-5)13-4-9-6/h1-4H,(H,10,11). The summed E-state index contributed by atoms with van der Waals surface area (Å²) in [5.41, 5.74) is 2.55. The van der Waals surface area contributed by atoms with E-state index in [1.807, 2.05) is 0 Å². The molecular formula is C8H5NO3S. The van der Waals surface area contributed by atoms with E-state index in [1.54, 1.807) is 23.7 Å². The maximum absolute atomic E-state index is 10.2. The van der Waals surface area contributed by atoms with Crippen LogP contribution in [0.2, 0.25) is 0 Å². The van der Waals surface area contributed by atoms with Gasteiger partial charge in [0.05, 0.1) is 15.7 Å². The number of carboxylic acid groups (broad SMARTS) is 1. The molecule has 2 aromatic rings. The Hall–Kier alpha value is -1.62. The molecule has 4 nitrogen and oxygen atoms in total. The van der Waals surface area contributed by atoms with Gasteiger partial charge in [-0.05, 0) is 12.1 Å². The van der Waals surface area contributed by atoms with Crippen LogP contribution in [-0.2, 0) is 0 Å². The number of aromatic nitrogens is 1. The van der Waals surface area contributed by atoms with Crippen LogP contribution in [0.5, 0.6) is 5.75 Å². The molecule has 0 unspecified atom stereocenters. The maximum Gasteiger partial charge on any atom is 0.511 e. The number of ether oxygens (including phenoxy) is 1. The highest BCUT2D eigenvalue weighted by Crippen LogP contribution is 2.23. The lowest BCUT2D eigenvalue weighted by Gasteiger charge is -1.97. The van der Waals surface area contributed by atoms with Gasteiger partial charge in [-0.25, -0.2) is 9.78 Å². The van der Waals surface area contributed by atoms with Gasteiger partial charge in [0.25, 0.3) is 0 Å². The minimum Gasteiger partial charge on any atom is -0.449 e. The Morgan fingerprint density at radius 1 is 1.54 bits per heavy atom. The van der Waals surface area contributed by atoms with E-state index in [2.05, 4.69) is 9.72 Å². The van der Waals surface area contributed by atoms with Crippen LogP contribution < -0.4 is 4.74 Å². The molecule has 0 amide bonds. The Morgan fingerprint density at radius 2 is 2.38 bits per heavy atom. The number of hydrogen-bond donors (Lipinski definition) is 1. The second-order valence-corrected chi connectivity index (χ2v) is 3.24. The van der Waals surface area contributed by atoms with Crippen molar-refractivity contribution in [1.82, 2.24) is 4.98 Å². The van der Waals surface area contributed by atoms with E-state index in [1.165, 1.54) is 11.3 Å². The molecule has 0 saturated heterocycles. The molecule has 0 radical (unpaired) electrons. The van der Waals surface area contributed by atoms with E-state index in [4.69, 9.17) is 5.11 Å². The fourth-order valence-corrected chi connectivity index (χ4v) is 1.71. The van der Waals surface area contributed by atoms with Crippen LogP contribution in [0.1, 0.15) is 0 Å². The molecule has 0 fully saturated rings. The third kappa shape index (κ3) is 1.59. The number of nitrogens with zero attached hydrogens (tertiary/aromatic N) is 1. The largest absolute Gasteiger partial charge is 0.511 e. The maximum atomic E-state index is 10.2. The van der Waals surface area contributed by atoms with E-state index in [0.717, 1.165) is 10.2 Å². The van der Waals surface area contributed by atoms with Gasteiger partial charge in [-0.2, -0.15) is 0 Å². The molecule has 0 aliphatic heterocycles. The highest BCUT2D eigenvalue weighted by atomic mass is 32.1. The predicted molar refractivity (Wildman–Crippen MR) is 48.3 cm³/mol. The normalized spacial score (nSPS) is 10.2. The molecule has 0 aliphatic rings. The van der Waals surface area contributed by atoms with Gasteiger partial charge in [0, 0.05) is 6.07 Å². The molecule has 66 valence electrons. The number of fused-ring (bicyclic) bond motifs is 1. The fraction of sp³-hybridized carbons (Fsp3) is 0. The average molecular weight is 195 g/mol. The van der Waals surface area contributed by atoms with E-state index < -0.39 is 6.16 Å². The first-order valence-electron chi connectivity index (χ1n) is 3.50. The smallest absolute Gasteiger partial charge is 0.449 e. The summed E-state index contributed by atoms with van der Waals surface area (Å²) in [6, 6.07) is 4.96. The molecule has 1 heterocycles. The third-order valence-electron chi connectivity index (χ3n) is 1.51. The summed E-state index contributed by atoms with van der Waals surface area (Å²) >= 11 is 1.44. The summed E-state index contributed by atoms with van der Waals surface area (Å²) in [5.74, 6) is 0.323. The predicted octanol–water partition coefficient (Wildman–Crippen LogP) is 2.35. The number of rotatable bonds is 1. The zero-order valence-corrected chi connectivity index (χ0v) is 7.25. The van der Waals surface area contributed by atoms with Gasteiger partial charge in [-0.3, -0.25) is 0 Å². The summed E-state index contributed by atoms with van der Waals surface area (Å²) in [6.45, 7) is 0. The minimum absolute atomic E-state index is 0.323. The molecule has 2 rings (SSSR count). The van der Waals surface area contributed by atoms with Crippen molar-refractivity contribution in [3.05, 3.63) is 23.7 Å². The first-order chi connectivity index (χ1) is 6.25. The SMILES string of the molecule is O=C(O)Oc1ccc2ncsc2c1. The lowest BCUT2D eigenvalue weighted by Crippen LogP contribution is -2.02. The Kier molecular flexibility index (Phi) is 1.86. The average Bonchev–Trinajstić information content (AvgIpc) is 2.49. The van der Waals surface area contributed by atoms with Gasteiger partial charge in [0.2, 0.25) is 0 Å². The lowest BCUT2D eigenvalue weighted by atomic mass is 10.3. The molecule has 1 N–H and O–H groups in total. The van der Waals surface area contributed by atoms with Crippen molar-refractivity contribution in [2.45, 2.75) is 0 Å². The van der Waals surface area contributed by atoms with Crippen molar-refractivity contribution >= 4 is 27.7 Å². The molecule has 5 heteroatoms. The summed E-state index contributed by atoms with van der Waals surface area (Å²) in [6.07, 6.45) is -1.30. The summed E-state index contributed by atoms with van der Waals surface area (Å²) in [4.78, 5) is 14.3. The van der Waals surface area contributed by atoms with Gasteiger partial charge in [-0.1, -0.05) is 0 Å². The molecule has 0 saturated carbocycles. The van der Waals surface area contributed by atoms with Gasteiger partial charge in [-0.15, -0.1) is 11.3 Å². The van der Waals surface area contributed by atoms with Crippen LogP contribution in [0.15, 0.2) is 23.7 Å². The van der Waals surface area contributed by atoms with Crippen LogP contribution in [0.25, 0.3) is 10.2 Å². The van der Waals surface area contributed by atoms with E-state index >= 15 is 0 Å². The second-order valence-electron chi connectivity index (χ2n) is 2.35. The third-order valence-corrected chi connectivity index (χ3v) is 2.30. The molecule has 0 bridgehead atoms.